The second-order valence-electron chi connectivity index (χ2n) is 4.67. The normalized spacial score (nSPS) is 17.1. The van der Waals surface area contributed by atoms with Crippen LogP contribution in [0.15, 0.2) is 28.8 Å². The lowest BCUT2D eigenvalue weighted by Crippen LogP contribution is -2.42. The fraction of sp³-hybridized carbons (Fsp3) is 0.286. The van der Waals surface area contributed by atoms with Gasteiger partial charge in [-0.3, -0.25) is 9.69 Å². The van der Waals surface area contributed by atoms with E-state index in [-0.39, 0.29) is 23.7 Å². The minimum Gasteiger partial charge on any atom is -0.485 e. The first kappa shape index (κ1) is 13.8. The third kappa shape index (κ3) is 2.42. The van der Waals surface area contributed by atoms with Crippen LogP contribution in [0.3, 0.4) is 0 Å². The van der Waals surface area contributed by atoms with Gasteiger partial charge in [0.25, 0.3) is 11.8 Å². The summed E-state index contributed by atoms with van der Waals surface area (Å²) in [5, 5.41) is 4.11. The lowest BCUT2D eigenvalue weighted by atomic mass is 10.2. The van der Waals surface area contributed by atoms with Crippen molar-refractivity contribution >= 4 is 23.2 Å². The molecule has 110 valence electrons. The third-order valence-electron chi connectivity index (χ3n) is 3.15. The molecule has 0 radical (unpaired) electrons. The van der Waals surface area contributed by atoms with Crippen LogP contribution in [-0.4, -0.2) is 30.8 Å². The predicted octanol–water partition coefficient (Wildman–Crippen LogP) is 2.76. The SMILES string of the molecule is COc1cc(C(=O)N2C[C@H](C)Oc3c(Cl)cccc32)on1. The molecule has 6 nitrogen and oxygen atoms in total. The number of methoxy groups -OCH3 is 1. The number of halogens is 1. The van der Waals surface area contributed by atoms with Gasteiger partial charge in [-0.1, -0.05) is 17.7 Å². The molecule has 0 spiro atoms. The lowest BCUT2D eigenvalue weighted by Gasteiger charge is -2.33. The second-order valence-corrected chi connectivity index (χ2v) is 5.07. The Kier molecular flexibility index (Phi) is 3.47. The van der Waals surface area contributed by atoms with Crippen LogP contribution >= 0.6 is 11.6 Å². The number of ether oxygens (including phenoxy) is 2. The molecule has 0 unspecified atom stereocenters. The first-order chi connectivity index (χ1) is 10.1. The molecule has 0 saturated carbocycles. The van der Waals surface area contributed by atoms with Crippen LogP contribution in [0.1, 0.15) is 17.5 Å². The minimum absolute atomic E-state index is 0.104. The van der Waals surface area contributed by atoms with Crippen molar-refractivity contribution < 1.29 is 18.8 Å². The number of aromatic nitrogens is 1. The van der Waals surface area contributed by atoms with Gasteiger partial charge in [-0.15, -0.1) is 0 Å². The number of fused-ring (bicyclic) bond motifs is 1. The topological polar surface area (TPSA) is 64.8 Å². The lowest BCUT2D eigenvalue weighted by molar-refractivity contribution is 0.0925. The molecule has 7 heteroatoms. The molecule has 0 bridgehead atoms. The van der Waals surface area contributed by atoms with Gasteiger partial charge >= 0.3 is 0 Å². The van der Waals surface area contributed by atoms with Crippen LogP contribution in [0.25, 0.3) is 0 Å². The van der Waals surface area contributed by atoms with Crippen molar-refractivity contribution in [2.24, 2.45) is 0 Å². The van der Waals surface area contributed by atoms with E-state index in [0.29, 0.717) is 23.0 Å². The smallest absolute Gasteiger partial charge is 0.297 e. The highest BCUT2D eigenvalue weighted by atomic mass is 35.5. The first-order valence-electron chi connectivity index (χ1n) is 6.38. The van der Waals surface area contributed by atoms with Gasteiger partial charge in [0, 0.05) is 0 Å². The molecule has 2 heterocycles. The summed E-state index contributed by atoms with van der Waals surface area (Å²) in [6.45, 7) is 2.27. The molecule has 1 amide bonds. The summed E-state index contributed by atoms with van der Waals surface area (Å²) < 4.78 is 15.6. The summed E-state index contributed by atoms with van der Waals surface area (Å²) in [6.07, 6.45) is -0.175. The molecule has 1 atom stereocenters. The summed E-state index contributed by atoms with van der Waals surface area (Å²) in [5.74, 6) is 0.542. The van der Waals surface area contributed by atoms with E-state index in [1.807, 2.05) is 6.92 Å². The van der Waals surface area contributed by atoms with E-state index < -0.39 is 0 Å². The highest BCUT2D eigenvalue weighted by Gasteiger charge is 2.31. The van der Waals surface area contributed by atoms with Crippen LogP contribution < -0.4 is 14.4 Å². The number of hydrogen-bond acceptors (Lipinski definition) is 5. The molecular weight excluding hydrogens is 296 g/mol. The molecule has 0 saturated heterocycles. The maximum absolute atomic E-state index is 12.6. The maximum Gasteiger partial charge on any atom is 0.297 e. The van der Waals surface area contributed by atoms with Gasteiger partial charge in [0.1, 0.15) is 6.10 Å². The van der Waals surface area contributed by atoms with Crippen LogP contribution in [0.2, 0.25) is 5.02 Å². The Bertz CT molecular complexity index is 685. The Morgan fingerprint density at radius 3 is 3.05 bits per heavy atom. The standard InChI is InChI=1S/C14H13ClN2O4/c1-8-7-17(10-5-3-4-9(15)13(10)20-8)14(18)11-6-12(19-2)16-21-11/h3-6,8H,7H2,1-2H3/t8-/m0/s1. The van der Waals surface area contributed by atoms with Crippen molar-refractivity contribution in [1.82, 2.24) is 5.16 Å². The van der Waals surface area contributed by atoms with E-state index in [0.717, 1.165) is 0 Å². The summed E-state index contributed by atoms with van der Waals surface area (Å²) >= 11 is 6.13. The summed E-state index contributed by atoms with van der Waals surface area (Å²) in [6, 6.07) is 6.71. The maximum atomic E-state index is 12.6. The molecule has 1 aromatic heterocycles. The average Bonchev–Trinajstić information content (AvgIpc) is 2.96. The molecule has 3 rings (SSSR count). The highest BCUT2D eigenvalue weighted by Crippen LogP contribution is 2.39. The Balaban J connectivity index is 1.99. The zero-order chi connectivity index (χ0) is 15.0. The number of para-hydroxylation sites is 1. The van der Waals surface area contributed by atoms with Gasteiger partial charge in [-0.05, 0) is 24.2 Å². The van der Waals surface area contributed by atoms with Crippen LogP contribution in [0, 0.1) is 0 Å². The number of hydrogen-bond donors (Lipinski definition) is 0. The molecule has 1 aliphatic heterocycles. The number of amides is 1. The number of rotatable bonds is 2. The van der Waals surface area contributed by atoms with Crippen molar-refractivity contribution in [2.75, 3.05) is 18.6 Å². The predicted molar refractivity (Wildman–Crippen MR) is 76.3 cm³/mol. The van der Waals surface area contributed by atoms with E-state index in [4.69, 9.17) is 25.6 Å². The van der Waals surface area contributed by atoms with Crippen molar-refractivity contribution in [3.63, 3.8) is 0 Å². The Morgan fingerprint density at radius 2 is 2.33 bits per heavy atom. The van der Waals surface area contributed by atoms with Crippen LogP contribution in [-0.2, 0) is 0 Å². The Morgan fingerprint density at radius 1 is 1.52 bits per heavy atom. The molecule has 1 aliphatic rings. The number of carbonyl (C=O) groups excluding carboxylic acids is 1. The number of anilines is 1. The fourth-order valence-corrected chi connectivity index (χ4v) is 2.42. The average molecular weight is 309 g/mol. The van der Waals surface area contributed by atoms with Gasteiger partial charge in [0.15, 0.2) is 5.75 Å². The Hall–Kier alpha value is -2.21. The zero-order valence-electron chi connectivity index (χ0n) is 11.5. The van der Waals surface area contributed by atoms with E-state index in [9.17, 15) is 4.79 Å². The summed E-state index contributed by atoms with van der Waals surface area (Å²) in [4.78, 5) is 14.2. The molecular formula is C14H13ClN2O4. The van der Waals surface area contributed by atoms with Crippen LogP contribution in [0.5, 0.6) is 11.6 Å². The van der Waals surface area contributed by atoms with E-state index in [1.165, 1.54) is 13.2 Å². The van der Waals surface area contributed by atoms with Crippen molar-refractivity contribution in [3.8, 4) is 11.6 Å². The van der Waals surface area contributed by atoms with Gasteiger partial charge < -0.3 is 14.0 Å². The minimum atomic E-state index is -0.315. The van der Waals surface area contributed by atoms with Gasteiger partial charge in [-0.25, -0.2) is 0 Å². The van der Waals surface area contributed by atoms with E-state index in [1.54, 1.807) is 23.1 Å². The summed E-state index contributed by atoms with van der Waals surface area (Å²) in [7, 11) is 1.46. The summed E-state index contributed by atoms with van der Waals surface area (Å²) in [5.41, 5.74) is 0.612. The molecule has 21 heavy (non-hydrogen) atoms. The monoisotopic (exact) mass is 308 g/mol. The van der Waals surface area contributed by atoms with E-state index in [2.05, 4.69) is 5.16 Å². The Labute approximate surface area is 126 Å². The zero-order valence-corrected chi connectivity index (χ0v) is 12.3. The van der Waals surface area contributed by atoms with Gasteiger partial charge in [0.05, 0.1) is 30.4 Å². The van der Waals surface area contributed by atoms with E-state index >= 15 is 0 Å². The first-order valence-corrected chi connectivity index (χ1v) is 6.75. The largest absolute Gasteiger partial charge is 0.485 e. The molecule has 2 aromatic rings. The molecule has 0 aliphatic carbocycles. The van der Waals surface area contributed by atoms with Gasteiger partial charge in [-0.2, -0.15) is 0 Å². The molecule has 0 N–H and O–H groups in total. The highest BCUT2D eigenvalue weighted by molar-refractivity contribution is 6.32. The number of benzene rings is 1. The number of nitrogens with zero attached hydrogens (tertiary/aromatic N) is 2. The quantitative estimate of drug-likeness (QED) is 0.853. The second kappa shape index (κ2) is 5.29. The van der Waals surface area contributed by atoms with Crippen molar-refractivity contribution in [3.05, 3.63) is 35.0 Å². The van der Waals surface area contributed by atoms with Crippen molar-refractivity contribution in [2.45, 2.75) is 13.0 Å². The molecule has 1 aromatic carbocycles. The fourth-order valence-electron chi connectivity index (χ4n) is 2.20. The molecule has 0 fully saturated rings. The van der Waals surface area contributed by atoms with Crippen molar-refractivity contribution in [1.29, 1.82) is 0 Å². The number of carbonyl (C=O) groups is 1. The van der Waals surface area contributed by atoms with Crippen LogP contribution in [0.4, 0.5) is 5.69 Å². The third-order valence-corrected chi connectivity index (χ3v) is 3.45. The van der Waals surface area contributed by atoms with Gasteiger partial charge in [0.2, 0.25) is 5.76 Å².